The van der Waals surface area contributed by atoms with Crippen molar-refractivity contribution in [2.45, 2.75) is 54.9 Å². The van der Waals surface area contributed by atoms with E-state index in [0.29, 0.717) is 158 Å². The molecule has 0 fully saturated rings. The fourth-order valence-corrected chi connectivity index (χ4v) is 2.90. The van der Waals surface area contributed by atoms with Gasteiger partial charge in [0, 0.05) is 73.1 Å². The van der Waals surface area contributed by atoms with E-state index in [4.69, 9.17) is 112 Å². The number of esters is 2. The van der Waals surface area contributed by atoms with E-state index in [-0.39, 0.29) is 77.3 Å². The average molecular weight is 1200 g/mol. The molecule has 0 saturated heterocycles. The molecule has 0 rings (SSSR count). The second-order valence-corrected chi connectivity index (χ2v) is 11.4. The Morgan fingerprint density at radius 1 is 0.304 bits per heavy atom. The van der Waals surface area contributed by atoms with Gasteiger partial charge in [0.15, 0.2) is 0 Å². The third kappa shape index (κ3) is 153. The number of carbonyl (C=O) groups excluding carboxylic acids is 2. The van der Waals surface area contributed by atoms with E-state index in [2.05, 4.69) is 4.74 Å². The second-order valence-electron chi connectivity index (χ2n) is 11.4. The van der Waals surface area contributed by atoms with E-state index in [0.717, 1.165) is 27.7 Å². The maximum absolute atomic E-state index is 11.0. The van der Waals surface area contributed by atoms with Gasteiger partial charge in [-0.2, -0.15) is 0 Å². The Labute approximate surface area is 432 Å². The van der Waals surface area contributed by atoms with Crippen molar-refractivity contribution in [3.8, 4) is 0 Å². The maximum Gasteiger partial charge on any atom is 0.332 e. The summed E-state index contributed by atoms with van der Waals surface area (Å²) in [5.74, 6) is -3.83. The van der Waals surface area contributed by atoms with Crippen LogP contribution in [-0.2, 0) is 129 Å². The number of carboxylic acids is 4. The predicted octanol–water partition coefficient (Wildman–Crippen LogP) is 0.0135. The van der Waals surface area contributed by atoms with E-state index in [1.54, 1.807) is 20.8 Å². The van der Waals surface area contributed by atoms with Crippen molar-refractivity contribution < 1.29 is 165 Å². The predicted molar refractivity (Wildman–Crippen MR) is 237 cm³/mol. The quantitative estimate of drug-likeness (QED) is 0.0243. The molecular weight excluding hydrogens is 1110 g/mol. The summed E-state index contributed by atoms with van der Waals surface area (Å²) >= 11 is 0. The summed E-state index contributed by atoms with van der Waals surface area (Å²) in [4.78, 5) is 57.2. The smallest absolute Gasteiger partial charge is 0.332 e. The minimum Gasteiger partial charge on any atom is -0.481 e. The molecule has 0 aromatic carbocycles. The molecular formula is C41H84O26Rh2. The summed E-state index contributed by atoms with van der Waals surface area (Å²) in [5.41, 5.74) is 0. The van der Waals surface area contributed by atoms with Crippen molar-refractivity contribution in [2.75, 3.05) is 178 Å². The zero-order valence-electron chi connectivity index (χ0n) is 41.4. The first kappa shape index (κ1) is 86.3. The molecule has 422 valence electrons. The van der Waals surface area contributed by atoms with Crippen molar-refractivity contribution in [3.05, 3.63) is 0 Å². The first-order valence-electron chi connectivity index (χ1n) is 21.2. The SMILES string of the molecule is CC(=O)O.CC(=O)O.CC(=O)O.CC(=O)O.CCOC(=O)CC.CCOC(=O)COCCOCCOCCOCCOCCOCCO.OCCOCCOCCOCCOCCOCCO.[Rh].[Rh]. The van der Waals surface area contributed by atoms with Gasteiger partial charge in [-0.05, 0) is 13.8 Å². The van der Waals surface area contributed by atoms with Crippen molar-refractivity contribution in [3.63, 3.8) is 0 Å². The van der Waals surface area contributed by atoms with E-state index >= 15 is 0 Å². The Bertz CT molecular complexity index is 939. The summed E-state index contributed by atoms with van der Waals surface area (Å²) in [6.07, 6.45) is 0.480. The summed E-state index contributed by atoms with van der Waals surface area (Å²) in [5, 5.41) is 55.1. The Morgan fingerprint density at radius 3 is 0.609 bits per heavy atom. The molecule has 0 aromatic rings. The Balaban J connectivity index is -0.000000102. The van der Waals surface area contributed by atoms with E-state index in [9.17, 15) is 9.59 Å². The topological polar surface area (TPSA) is 364 Å². The molecule has 0 bridgehead atoms. The first-order valence-corrected chi connectivity index (χ1v) is 21.2. The van der Waals surface area contributed by atoms with Crippen LogP contribution in [0.15, 0.2) is 0 Å². The molecule has 0 spiro atoms. The normalized spacial score (nSPS) is 9.30. The van der Waals surface area contributed by atoms with E-state index in [1.807, 2.05) is 0 Å². The van der Waals surface area contributed by atoms with Gasteiger partial charge in [0.25, 0.3) is 23.9 Å². The molecule has 2 radical (unpaired) electrons. The molecule has 0 aliphatic rings. The van der Waals surface area contributed by atoms with E-state index < -0.39 is 23.9 Å². The van der Waals surface area contributed by atoms with Gasteiger partial charge in [-0.3, -0.25) is 24.0 Å². The van der Waals surface area contributed by atoms with Crippen LogP contribution in [0.1, 0.15) is 54.9 Å². The minimum absolute atomic E-state index is 0. The molecule has 0 aliphatic carbocycles. The maximum atomic E-state index is 11.0. The molecule has 69 heavy (non-hydrogen) atoms. The van der Waals surface area contributed by atoms with Crippen LogP contribution in [-0.4, -0.2) is 250 Å². The Morgan fingerprint density at radius 2 is 0.464 bits per heavy atom. The standard InChI is InChI=1S/C16H32O9.C12H26O7.C5H10O2.4C2H4O2.2Rh/c1-2-25-16(18)15-24-14-13-23-12-11-22-10-9-21-8-7-20-6-5-19-4-3-17;13-1-3-15-5-7-17-9-11-19-12-10-18-8-6-16-4-2-14;1-3-5(6)7-4-2;4*1-2(3)4;;/h17H,2-15H2,1H3;13-14H,1-12H2;3-4H2,1-2H3;4*1H3,(H,3,4);;. The zero-order valence-corrected chi connectivity index (χ0v) is 44.6. The summed E-state index contributed by atoms with van der Waals surface area (Å²) in [6, 6.07) is 0. The molecule has 0 saturated carbocycles. The zero-order chi connectivity index (χ0) is 52.5. The summed E-state index contributed by atoms with van der Waals surface area (Å²) < 4.78 is 66.4. The molecule has 26 nitrogen and oxygen atoms in total. The van der Waals surface area contributed by atoms with Crippen LogP contribution in [0.4, 0.5) is 0 Å². The van der Waals surface area contributed by atoms with Crippen molar-refractivity contribution in [1.29, 1.82) is 0 Å². The van der Waals surface area contributed by atoms with Crippen LogP contribution >= 0.6 is 0 Å². The molecule has 0 atom stereocenters. The summed E-state index contributed by atoms with van der Waals surface area (Å²) in [7, 11) is 0. The molecule has 0 amide bonds. The van der Waals surface area contributed by atoms with Crippen LogP contribution in [0.3, 0.4) is 0 Å². The molecule has 0 unspecified atom stereocenters. The number of aliphatic carboxylic acids is 4. The fraction of sp³-hybridized carbons (Fsp3) is 0.854. The fourth-order valence-electron chi connectivity index (χ4n) is 2.90. The van der Waals surface area contributed by atoms with Gasteiger partial charge in [-0.1, -0.05) is 6.92 Å². The monoisotopic (exact) mass is 1200 g/mol. The number of carboxylic acid groups (broad SMARTS) is 4. The van der Waals surface area contributed by atoms with Gasteiger partial charge in [-0.15, -0.1) is 0 Å². The Kier molecular flexibility index (Phi) is 107. The molecule has 28 heteroatoms. The number of ether oxygens (including phenoxy) is 13. The molecule has 7 N–H and O–H groups in total. The second kappa shape index (κ2) is 85.4. The van der Waals surface area contributed by atoms with Crippen LogP contribution in [0.5, 0.6) is 0 Å². The van der Waals surface area contributed by atoms with Crippen molar-refractivity contribution in [1.82, 2.24) is 0 Å². The number of rotatable bonds is 38. The number of hydrogen-bond donors (Lipinski definition) is 7. The number of hydrogen-bond acceptors (Lipinski definition) is 22. The van der Waals surface area contributed by atoms with E-state index in [1.165, 1.54) is 0 Å². The average Bonchev–Trinajstić information content (AvgIpc) is 3.24. The van der Waals surface area contributed by atoms with Gasteiger partial charge in [-0.25, -0.2) is 4.79 Å². The van der Waals surface area contributed by atoms with Crippen LogP contribution in [0, 0.1) is 0 Å². The Hall–Kier alpha value is -2.49. The van der Waals surface area contributed by atoms with Gasteiger partial charge in [0.2, 0.25) is 0 Å². The summed E-state index contributed by atoms with van der Waals surface area (Å²) in [6.45, 7) is 20.2. The molecule has 0 heterocycles. The first-order chi connectivity index (χ1) is 32.0. The van der Waals surface area contributed by atoms with Gasteiger partial charge in [0.05, 0.1) is 172 Å². The van der Waals surface area contributed by atoms with Gasteiger partial charge in [0.1, 0.15) is 6.61 Å². The number of aliphatic hydroxyl groups excluding tert-OH is 3. The van der Waals surface area contributed by atoms with Crippen molar-refractivity contribution >= 4 is 35.8 Å². The largest absolute Gasteiger partial charge is 0.481 e. The third-order valence-electron chi connectivity index (χ3n) is 5.17. The van der Waals surface area contributed by atoms with Gasteiger partial charge < -0.3 is 97.3 Å². The van der Waals surface area contributed by atoms with Crippen LogP contribution in [0.2, 0.25) is 0 Å². The van der Waals surface area contributed by atoms with Crippen molar-refractivity contribution in [2.24, 2.45) is 0 Å². The number of carbonyl (C=O) groups is 6. The molecule has 0 aromatic heterocycles. The minimum atomic E-state index is -0.833. The number of aliphatic hydroxyl groups is 3. The molecule has 0 aliphatic heterocycles. The van der Waals surface area contributed by atoms with Crippen LogP contribution < -0.4 is 0 Å². The third-order valence-corrected chi connectivity index (χ3v) is 5.17. The van der Waals surface area contributed by atoms with Gasteiger partial charge >= 0.3 is 11.9 Å². The van der Waals surface area contributed by atoms with Crippen LogP contribution in [0.25, 0.3) is 0 Å².